The van der Waals surface area contributed by atoms with Crippen LogP contribution < -0.4 is 5.32 Å². The third-order valence-electron chi connectivity index (χ3n) is 4.05. The Morgan fingerprint density at radius 3 is 2.91 bits per heavy atom. The molecule has 5 nitrogen and oxygen atoms in total. The first kappa shape index (κ1) is 15.0. The maximum absolute atomic E-state index is 12.6. The molecule has 22 heavy (non-hydrogen) atoms. The molecule has 2 heterocycles. The molecule has 6 heteroatoms. The molecule has 1 aliphatic rings. The summed E-state index contributed by atoms with van der Waals surface area (Å²) in [5, 5.41) is 3.06. The van der Waals surface area contributed by atoms with Crippen molar-refractivity contribution in [3.8, 4) is 5.69 Å². The molecule has 1 fully saturated rings. The van der Waals surface area contributed by atoms with E-state index in [1.807, 2.05) is 37.3 Å². The van der Waals surface area contributed by atoms with Crippen LogP contribution in [0.4, 0.5) is 0 Å². The molecule has 1 amide bonds. The van der Waals surface area contributed by atoms with E-state index < -0.39 is 0 Å². The molecule has 116 valence electrons. The van der Waals surface area contributed by atoms with E-state index in [0.717, 1.165) is 18.7 Å². The molecule has 3 rings (SSSR count). The first-order chi connectivity index (χ1) is 10.7. The van der Waals surface area contributed by atoms with E-state index in [1.54, 1.807) is 10.8 Å². The second kappa shape index (κ2) is 6.46. The monoisotopic (exact) mass is 317 g/mol. The molecular weight excluding hydrogens is 298 g/mol. The molecule has 0 aliphatic carbocycles. The maximum Gasteiger partial charge on any atom is 0.270 e. The zero-order valence-electron chi connectivity index (χ0n) is 12.4. The number of benzene rings is 1. The minimum Gasteiger partial charge on any atom is -0.381 e. The van der Waals surface area contributed by atoms with Crippen LogP contribution in [0.5, 0.6) is 0 Å². The molecule has 1 aromatic carbocycles. The number of rotatable bonds is 4. The number of imidazole rings is 1. The lowest BCUT2D eigenvalue weighted by Gasteiger charge is -2.19. The minimum atomic E-state index is -0.129. The summed E-state index contributed by atoms with van der Waals surface area (Å²) in [6, 6.07) is 9.70. The maximum atomic E-state index is 12.6. The fraction of sp³-hybridized carbons (Fsp3) is 0.375. The van der Waals surface area contributed by atoms with E-state index in [1.165, 1.54) is 0 Å². The fourth-order valence-corrected chi connectivity index (χ4v) is 2.98. The lowest BCUT2D eigenvalue weighted by atomic mass is 10.0. The summed E-state index contributed by atoms with van der Waals surface area (Å²) < 4.78 is 7.64. The van der Waals surface area contributed by atoms with Gasteiger partial charge in [0.1, 0.15) is 5.69 Å². The number of carbonyl (C=O) groups is 1. The topological polar surface area (TPSA) is 59.0 Å². The lowest BCUT2D eigenvalue weighted by Crippen LogP contribution is -2.39. The van der Waals surface area contributed by atoms with Crippen LogP contribution in [0.25, 0.3) is 5.69 Å². The van der Waals surface area contributed by atoms with Gasteiger partial charge >= 0.3 is 0 Å². The number of aromatic amines is 1. The van der Waals surface area contributed by atoms with E-state index in [9.17, 15) is 4.79 Å². The summed E-state index contributed by atoms with van der Waals surface area (Å²) in [5.74, 6) is 0.242. The summed E-state index contributed by atoms with van der Waals surface area (Å²) >= 11 is 5.30. The highest BCUT2D eigenvalue weighted by Crippen LogP contribution is 2.18. The van der Waals surface area contributed by atoms with E-state index >= 15 is 0 Å². The van der Waals surface area contributed by atoms with Gasteiger partial charge in [-0.3, -0.25) is 9.36 Å². The smallest absolute Gasteiger partial charge is 0.270 e. The molecule has 0 radical (unpaired) electrons. The molecule has 1 aromatic heterocycles. The predicted molar refractivity (Wildman–Crippen MR) is 86.8 cm³/mol. The van der Waals surface area contributed by atoms with Gasteiger partial charge in [-0.15, -0.1) is 0 Å². The molecule has 2 unspecified atom stereocenters. The van der Waals surface area contributed by atoms with Crippen LogP contribution in [0, 0.1) is 10.7 Å². The van der Waals surface area contributed by atoms with Gasteiger partial charge in [0.25, 0.3) is 5.91 Å². The quantitative estimate of drug-likeness (QED) is 0.853. The van der Waals surface area contributed by atoms with Gasteiger partial charge in [-0.2, -0.15) is 0 Å². The minimum absolute atomic E-state index is 0.0719. The molecule has 0 bridgehead atoms. The summed E-state index contributed by atoms with van der Waals surface area (Å²) in [6.07, 6.45) is 2.64. The van der Waals surface area contributed by atoms with Crippen molar-refractivity contribution in [2.75, 3.05) is 13.2 Å². The highest BCUT2D eigenvalue weighted by Gasteiger charge is 2.25. The lowest BCUT2D eigenvalue weighted by molar-refractivity contribution is 0.0915. The average Bonchev–Trinajstić information content (AvgIpc) is 3.17. The predicted octanol–water partition coefficient (Wildman–Crippen LogP) is 2.69. The Morgan fingerprint density at radius 1 is 1.45 bits per heavy atom. The first-order valence-electron chi connectivity index (χ1n) is 7.41. The van der Waals surface area contributed by atoms with E-state index in [-0.39, 0.29) is 11.9 Å². The van der Waals surface area contributed by atoms with Crippen LogP contribution in [0.2, 0.25) is 0 Å². The standard InChI is InChI=1S/C16H19N3O2S/c1-11(12-7-8-21-10-12)18-15(20)14-9-17-16(22)19(14)13-5-3-2-4-6-13/h2-6,9,11-12H,7-8,10H2,1H3,(H,17,22)(H,18,20). The fourth-order valence-electron chi connectivity index (χ4n) is 2.71. The van der Waals surface area contributed by atoms with Gasteiger partial charge < -0.3 is 15.0 Å². The van der Waals surface area contributed by atoms with Crippen LogP contribution in [0.3, 0.4) is 0 Å². The Balaban J connectivity index is 1.83. The number of ether oxygens (including phenoxy) is 1. The van der Waals surface area contributed by atoms with Crippen molar-refractivity contribution in [2.45, 2.75) is 19.4 Å². The van der Waals surface area contributed by atoms with Gasteiger partial charge in [-0.1, -0.05) is 18.2 Å². The molecule has 1 aliphatic heterocycles. The third-order valence-corrected chi connectivity index (χ3v) is 4.35. The van der Waals surface area contributed by atoms with Crippen molar-refractivity contribution < 1.29 is 9.53 Å². The van der Waals surface area contributed by atoms with Gasteiger partial charge in [-0.05, 0) is 37.7 Å². The number of H-pyrrole nitrogens is 1. The van der Waals surface area contributed by atoms with E-state index in [4.69, 9.17) is 17.0 Å². The van der Waals surface area contributed by atoms with E-state index in [2.05, 4.69) is 10.3 Å². The van der Waals surface area contributed by atoms with Crippen LogP contribution in [-0.4, -0.2) is 34.7 Å². The Kier molecular flexibility index (Phi) is 4.40. The first-order valence-corrected chi connectivity index (χ1v) is 7.82. The van der Waals surface area contributed by atoms with Crippen molar-refractivity contribution in [1.29, 1.82) is 0 Å². The Morgan fingerprint density at radius 2 is 2.23 bits per heavy atom. The number of hydrogen-bond donors (Lipinski definition) is 2. The molecule has 1 saturated heterocycles. The molecule has 0 spiro atoms. The van der Waals surface area contributed by atoms with Crippen LogP contribution in [0.1, 0.15) is 23.8 Å². The molecular formula is C16H19N3O2S. The van der Waals surface area contributed by atoms with Gasteiger partial charge in [0.2, 0.25) is 0 Å². The summed E-state index contributed by atoms with van der Waals surface area (Å²) in [6.45, 7) is 3.50. The van der Waals surface area contributed by atoms with Crippen LogP contribution >= 0.6 is 12.2 Å². The van der Waals surface area contributed by atoms with Crippen molar-refractivity contribution in [1.82, 2.24) is 14.9 Å². The number of nitrogens with zero attached hydrogens (tertiary/aromatic N) is 1. The molecule has 0 saturated carbocycles. The van der Waals surface area contributed by atoms with Gasteiger partial charge in [0.15, 0.2) is 4.77 Å². The molecule has 2 atom stereocenters. The number of hydrogen-bond acceptors (Lipinski definition) is 3. The van der Waals surface area contributed by atoms with Gasteiger partial charge in [0, 0.05) is 30.5 Å². The Hall–Kier alpha value is -1.92. The summed E-state index contributed by atoms with van der Waals surface area (Å²) in [5.41, 5.74) is 1.39. The number of aromatic nitrogens is 2. The number of para-hydroxylation sites is 1. The van der Waals surface area contributed by atoms with Gasteiger partial charge in [0.05, 0.1) is 6.61 Å². The zero-order valence-corrected chi connectivity index (χ0v) is 13.2. The number of carbonyl (C=O) groups excluding carboxylic acids is 1. The summed E-state index contributed by atoms with van der Waals surface area (Å²) in [4.78, 5) is 15.5. The SMILES string of the molecule is CC(NC(=O)c1c[nH]c(=S)n1-c1ccccc1)C1CCOC1. The normalized spacial score (nSPS) is 19.0. The molecule has 2 N–H and O–H groups in total. The number of amides is 1. The van der Waals surface area contributed by atoms with Gasteiger partial charge in [-0.25, -0.2) is 0 Å². The highest BCUT2D eigenvalue weighted by molar-refractivity contribution is 7.71. The molecule has 2 aromatic rings. The zero-order chi connectivity index (χ0) is 15.5. The van der Waals surface area contributed by atoms with Crippen LogP contribution in [0.15, 0.2) is 36.5 Å². The van der Waals surface area contributed by atoms with Crippen molar-refractivity contribution in [3.63, 3.8) is 0 Å². The Bertz CT molecular complexity index is 702. The second-order valence-corrected chi connectivity index (χ2v) is 5.92. The third kappa shape index (κ3) is 2.98. The van der Waals surface area contributed by atoms with Crippen LogP contribution in [-0.2, 0) is 4.74 Å². The average molecular weight is 317 g/mol. The van der Waals surface area contributed by atoms with Crippen molar-refractivity contribution >= 4 is 18.1 Å². The van der Waals surface area contributed by atoms with Crippen molar-refractivity contribution in [2.24, 2.45) is 5.92 Å². The second-order valence-electron chi connectivity index (χ2n) is 5.54. The van der Waals surface area contributed by atoms with E-state index in [0.29, 0.717) is 23.0 Å². The number of nitrogens with one attached hydrogen (secondary N) is 2. The largest absolute Gasteiger partial charge is 0.381 e. The van der Waals surface area contributed by atoms with Crippen molar-refractivity contribution in [3.05, 3.63) is 47.0 Å². The highest BCUT2D eigenvalue weighted by atomic mass is 32.1. The Labute approximate surface area is 134 Å². The summed E-state index contributed by atoms with van der Waals surface area (Å²) in [7, 11) is 0.